The highest BCUT2D eigenvalue weighted by atomic mass is 16.4. The van der Waals surface area contributed by atoms with E-state index in [-0.39, 0.29) is 12.3 Å². The first-order valence-electron chi connectivity index (χ1n) is 6.98. The molecule has 0 spiro atoms. The lowest BCUT2D eigenvalue weighted by molar-refractivity contribution is -0.136. The van der Waals surface area contributed by atoms with Crippen molar-refractivity contribution >= 4 is 11.9 Å². The molecule has 3 N–H and O–H groups in total. The molecule has 0 bridgehead atoms. The minimum atomic E-state index is -0.782. The Hall–Kier alpha value is -2.62. The van der Waals surface area contributed by atoms with Crippen molar-refractivity contribution in [3.05, 3.63) is 70.8 Å². The average molecular weight is 299 g/mol. The number of carboxylic acids is 1. The number of carbonyl (C=O) groups excluding carboxylic acids is 1. The Balaban J connectivity index is 0.000000220. The molecule has 0 unspecified atom stereocenters. The molecule has 22 heavy (non-hydrogen) atoms. The number of primary amides is 1. The second-order valence-electron chi connectivity index (χ2n) is 5.19. The van der Waals surface area contributed by atoms with Crippen LogP contribution in [0.2, 0.25) is 0 Å². The van der Waals surface area contributed by atoms with E-state index in [0.717, 1.165) is 22.3 Å². The average Bonchev–Trinajstić information content (AvgIpc) is 2.37. The molecule has 2 rings (SSSR count). The molecule has 2 aromatic carbocycles. The predicted octanol–water partition coefficient (Wildman–Crippen LogP) is 2.64. The molecule has 0 heterocycles. The maximum atomic E-state index is 10.5. The van der Waals surface area contributed by atoms with Gasteiger partial charge in [-0.15, -0.1) is 0 Å². The van der Waals surface area contributed by atoms with E-state index in [1.165, 1.54) is 0 Å². The first kappa shape index (κ1) is 17.4. The van der Waals surface area contributed by atoms with Crippen LogP contribution in [0.5, 0.6) is 0 Å². The fourth-order valence-electron chi connectivity index (χ4n) is 2.02. The summed E-state index contributed by atoms with van der Waals surface area (Å²) in [6.07, 6.45) is 0.448. The van der Waals surface area contributed by atoms with Crippen LogP contribution in [0.3, 0.4) is 0 Å². The topological polar surface area (TPSA) is 80.4 Å². The van der Waals surface area contributed by atoms with Gasteiger partial charge < -0.3 is 10.8 Å². The number of benzene rings is 2. The Kier molecular flexibility index (Phi) is 6.83. The summed E-state index contributed by atoms with van der Waals surface area (Å²) in [6.45, 7) is 3.94. The molecule has 116 valence electrons. The van der Waals surface area contributed by atoms with E-state index in [2.05, 4.69) is 0 Å². The number of amides is 1. The molecule has 2 aromatic rings. The van der Waals surface area contributed by atoms with Crippen molar-refractivity contribution in [3.8, 4) is 0 Å². The Morgan fingerprint density at radius 1 is 0.909 bits per heavy atom. The molecule has 0 aromatic heterocycles. The molecule has 4 nitrogen and oxygen atoms in total. The number of rotatable bonds is 4. The van der Waals surface area contributed by atoms with Gasteiger partial charge in [-0.3, -0.25) is 9.59 Å². The van der Waals surface area contributed by atoms with Gasteiger partial charge in [0.25, 0.3) is 0 Å². The van der Waals surface area contributed by atoms with Crippen LogP contribution >= 0.6 is 0 Å². The highest BCUT2D eigenvalue weighted by molar-refractivity contribution is 5.76. The van der Waals surface area contributed by atoms with Crippen LogP contribution in [0.1, 0.15) is 22.3 Å². The SMILES string of the molecule is Cc1cccc(CC(=O)O)c1.Cc1cccc(CC(N)=O)c1. The van der Waals surface area contributed by atoms with Gasteiger partial charge in [0.1, 0.15) is 0 Å². The molecule has 0 saturated heterocycles. The summed E-state index contributed by atoms with van der Waals surface area (Å²) >= 11 is 0. The summed E-state index contributed by atoms with van der Waals surface area (Å²) in [5.41, 5.74) is 9.14. The molecule has 4 heteroatoms. The van der Waals surface area contributed by atoms with Crippen molar-refractivity contribution in [2.24, 2.45) is 5.73 Å². The number of carboxylic acid groups (broad SMARTS) is 1. The van der Waals surface area contributed by atoms with Crippen molar-refractivity contribution in [3.63, 3.8) is 0 Å². The molecular formula is C18H21NO3. The molecule has 0 aliphatic heterocycles. The standard InChI is InChI=1S/C9H11NO.C9H10O2/c2*1-7-3-2-4-8(5-7)6-9(10)11/h2-5H,6H2,1H3,(H2,10,11);2-5H,6H2,1H3,(H,10,11). The monoisotopic (exact) mass is 299 g/mol. The summed E-state index contributed by atoms with van der Waals surface area (Å²) in [5, 5.41) is 8.46. The van der Waals surface area contributed by atoms with Gasteiger partial charge in [-0.2, -0.15) is 0 Å². The minimum Gasteiger partial charge on any atom is -0.481 e. The fourth-order valence-corrected chi connectivity index (χ4v) is 2.02. The van der Waals surface area contributed by atoms with Crippen LogP contribution in [0, 0.1) is 13.8 Å². The summed E-state index contributed by atoms with van der Waals surface area (Å²) in [7, 11) is 0. The zero-order valence-electron chi connectivity index (χ0n) is 12.9. The van der Waals surface area contributed by atoms with E-state index >= 15 is 0 Å². The third-order valence-electron chi connectivity index (χ3n) is 2.90. The molecule has 0 saturated carbocycles. The van der Waals surface area contributed by atoms with Gasteiger partial charge in [-0.05, 0) is 25.0 Å². The molecule has 0 radical (unpaired) electrons. The van der Waals surface area contributed by atoms with Gasteiger partial charge >= 0.3 is 5.97 Å². The van der Waals surface area contributed by atoms with Gasteiger partial charge in [0, 0.05) is 0 Å². The molecule has 0 atom stereocenters. The number of hydrogen-bond donors (Lipinski definition) is 2. The van der Waals surface area contributed by atoms with Crippen molar-refractivity contribution < 1.29 is 14.7 Å². The van der Waals surface area contributed by atoms with E-state index in [1.54, 1.807) is 0 Å². The maximum Gasteiger partial charge on any atom is 0.307 e. The summed E-state index contributed by atoms with van der Waals surface area (Å²) in [4.78, 5) is 20.8. The number of carbonyl (C=O) groups is 2. The first-order valence-corrected chi connectivity index (χ1v) is 6.98. The lowest BCUT2D eigenvalue weighted by Crippen LogP contribution is -2.13. The van der Waals surface area contributed by atoms with Crippen molar-refractivity contribution in [2.45, 2.75) is 26.7 Å². The highest BCUT2D eigenvalue weighted by Crippen LogP contribution is 2.04. The normalized spacial score (nSPS) is 9.55. The van der Waals surface area contributed by atoms with Gasteiger partial charge in [-0.25, -0.2) is 0 Å². The van der Waals surface area contributed by atoms with Crippen LogP contribution in [0.4, 0.5) is 0 Å². The van der Waals surface area contributed by atoms with Crippen LogP contribution in [0.25, 0.3) is 0 Å². The third-order valence-corrected chi connectivity index (χ3v) is 2.90. The number of aliphatic carboxylic acids is 1. The van der Waals surface area contributed by atoms with Crippen molar-refractivity contribution in [1.29, 1.82) is 0 Å². The number of nitrogens with two attached hydrogens (primary N) is 1. The Morgan fingerprint density at radius 3 is 1.73 bits per heavy atom. The fraction of sp³-hybridized carbons (Fsp3) is 0.222. The Morgan fingerprint density at radius 2 is 1.36 bits per heavy atom. The molecule has 1 amide bonds. The van der Waals surface area contributed by atoms with Crippen LogP contribution in [-0.2, 0) is 22.4 Å². The van der Waals surface area contributed by atoms with E-state index in [4.69, 9.17) is 10.8 Å². The zero-order valence-corrected chi connectivity index (χ0v) is 12.9. The number of aryl methyl sites for hydroxylation is 2. The summed E-state index contributed by atoms with van der Waals surface area (Å²) in [6, 6.07) is 15.3. The van der Waals surface area contributed by atoms with E-state index in [9.17, 15) is 9.59 Å². The van der Waals surface area contributed by atoms with Gasteiger partial charge in [-0.1, -0.05) is 59.7 Å². The zero-order chi connectivity index (χ0) is 16.5. The largest absolute Gasteiger partial charge is 0.481 e. The van der Waals surface area contributed by atoms with Crippen LogP contribution in [-0.4, -0.2) is 17.0 Å². The Labute approximate surface area is 130 Å². The lowest BCUT2D eigenvalue weighted by Gasteiger charge is -1.97. The Bertz CT molecular complexity index is 593. The van der Waals surface area contributed by atoms with Gasteiger partial charge in [0.05, 0.1) is 12.8 Å². The number of hydrogen-bond acceptors (Lipinski definition) is 2. The second-order valence-corrected chi connectivity index (χ2v) is 5.19. The van der Waals surface area contributed by atoms with Crippen LogP contribution in [0.15, 0.2) is 48.5 Å². The lowest BCUT2D eigenvalue weighted by atomic mass is 10.1. The molecular weight excluding hydrogens is 278 g/mol. The summed E-state index contributed by atoms with van der Waals surface area (Å²) in [5.74, 6) is -1.06. The minimum absolute atomic E-state index is 0.113. The van der Waals surface area contributed by atoms with E-state index in [0.29, 0.717) is 6.42 Å². The second kappa shape index (κ2) is 8.62. The molecule has 0 aliphatic carbocycles. The quantitative estimate of drug-likeness (QED) is 0.910. The van der Waals surface area contributed by atoms with Crippen LogP contribution < -0.4 is 5.73 Å². The first-order chi connectivity index (χ1) is 10.4. The third kappa shape index (κ3) is 7.24. The van der Waals surface area contributed by atoms with Gasteiger partial charge in [0.15, 0.2) is 0 Å². The summed E-state index contributed by atoms with van der Waals surface area (Å²) < 4.78 is 0. The van der Waals surface area contributed by atoms with E-state index in [1.807, 2.05) is 62.4 Å². The van der Waals surface area contributed by atoms with Gasteiger partial charge in [0.2, 0.25) is 5.91 Å². The smallest absolute Gasteiger partial charge is 0.307 e. The molecule has 0 aliphatic rings. The predicted molar refractivity (Wildman–Crippen MR) is 86.6 cm³/mol. The highest BCUT2D eigenvalue weighted by Gasteiger charge is 1.98. The molecule has 0 fully saturated rings. The maximum absolute atomic E-state index is 10.5. The van der Waals surface area contributed by atoms with Crippen molar-refractivity contribution in [1.82, 2.24) is 0 Å². The van der Waals surface area contributed by atoms with Crippen molar-refractivity contribution in [2.75, 3.05) is 0 Å². The van der Waals surface area contributed by atoms with E-state index < -0.39 is 5.97 Å².